The van der Waals surface area contributed by atoms with Gasteiger partial charge in [0.25, 0.3) is 0 Å². The first-order valence-corrected chi connectivity index (χ1v) is 10.6. The lowest BCUT2D eigenvalue weighted by atomic mass is 9.84. The van der Waals surface area contributed by atoms with Crippen LogP contribution in [-0.2, 0) is 9.59 Å². The van der Waals surface area contributed by atoms with Gasteiger partial charge in [0.15, 0.2) is 0 Å². The van der Waals surface area contributed by atoms with E-state index in [1.807, 2.05) is 43.3 Å². The molecule has 0 radical (unpaired) electrons. The monoisotopic (exact) mass is 399 g/mol. The van der Waals surface area contributed by atoms with E-state index in [9.17, 15) is 9.59 Å². The van der Waals surface area contributed by atoms with Crippen molar-refractivity contribution in [1.29, 1.82) is 0 Å². The summed E-state index contributed by atoms with van der Waals surface area (Å²) in [6.07, 6.45) is 4.61. The van der Waals surface area contributed by atoms with E-state index in [0.29, 0.717) is 18.1 Å². The lowest BCUT2D eigenvalue weighted by Crippen LogP contribution is -2.46. The number of aromatic nitrogens is 2. The summed E-state index contributed by atoms with van der Waals surface area (Å²) in [5.41, 5.74) is 2.07. The number of hydrogen-bond acceptors (Lipinski definition) is 6. The molecule has 28 heavy (non-hydrogen) atoms. The Labute approximate surface area is 168 Å². The number of rotatable bonds is 5. The topological polar surface area (TPSA) is 78.4 Å². The summed E-state index contributed by atoms with van der Waals surface area (Å²) in [6, 6.07) is 7.66. The SMILES string of the molecule is CN(C)c1ccc(-c2nnc(NC(=O)C3CCCN3C(=O)C3CCC3)s2)cc1. The quantitative estimate of drug-likeness (QED) is 0.836. The summed E-state index contributed by atoms with van der Waals surface area (Å²) in [6.45, 7) is 0.674. The number of amides is 2. The number of benzene rings is 1. The van der Waals surface area contributed by atoms with Crippen LogP contribution in [0.3, 0.4) is 0 Å². The molecule has 1 aliphatic heterocycles. The first kappa shape index (κ1) is 18.9. The average Bonchev–Trinajstić information content (AvgIpc) is 3.29. The molecule has 2 heterocycles. The fourth-order valence-electron chi connectivity index (χ4n) is 3.67. The standard InChI is InChI=1S/C20H25N5O2S/c1-24(2)15-10-8-13(9-11-15)18-22-23-20(28-18)21-17(26)16-7-4-12-25(16)19(27)14-5-3-6-14/h8-11,14,16H,3-7,12H2,1-2H3,(H,21,23,26). The van der Waals surface area contributed by atoms with Crippen LogP contribution in [0.4, 0.5) is 10.8 Å². The third kappa shape index (κ3) is 3.73. The third-order valence-corrected chi connectivity index (χ3v) is 6.47. The molecular formula is C20H25N5O2S. The van der Waals surface area contributed by atoms with Gasteiger partial charge in [0.2, 0.25) is 16.9 Å². The number of carbonyl (C=O) groups excluding carboxylic acids is 2. The molecule has 1 atom stereocenters. The maximum Gasteiger partial charge on any atom is 0.249 e. The highest BCUT2D eigenvalue weighted by atomic mass is 32.1. The predicted molar refractivity (Wildman–Crippen MR) is 110 cm³/mol. The van der Waals surface area contributed by atoms with Crippen LogP contribution in [0.5, 0.6) is 0 Å². The van der Waals surface area contributed by atoms with E-state index in [1.165, 1.54) is 11.3 Å². The highest BCUT2D eigenvalue weighted by molar-refractivity contribution is 7.18. The zero-order valence-corrected chi connectivity index (χ0v) is 17.0. The van der Waals surface area contributed by atoms with Crippen molar-refractivity contribution in [1.82, 2.24) is 15.1 Å². The molecule has 2 fully saturated rings. The molecule has 2 aromatic rings. The van der Waals surface area contributed by atoms with Gasteiger partial charge in [-0.1, -0.05) is 17.8 Å². The minimum atomic E-state index is -0.389. The van der Waals surface area contributed by atoms with Gasteiger partial charge in [-0.05, 0) is 49.9 Å². The molecule has 0 spiro atoms. The summed E-state index contributed by atoms with van der Waals surface area (Å²) < 4.78 is 0. The second kappa shape index (κ2) is 7.87. The van der Waals surface area contributed by atoms with Crippen LogP contribution in [0.2, 0.25) is 0 Å². The van der Waals surface area contributed by atoms with Crippen LogP contribution in [0.1, 0.15) is 32.1 Å². The van der Waals surface area contributed by atoms with Crippen molar-refractivity contribution >= 4 is 34.0 Å². The zero-order chi connectivity index (χ0) is 19.7. The van der Waals surface area contributed by atoms with Crippen molar-refractivity contribution in [3.63, 3.8) is 0 Å². The van der Waals surface area contributed by atoms with Gasteiger partial charge in [-0.2, -0.15) is 0 Å². The molecule has 7 nitrogen and oxygen atoms in total. The van der Waals surface area contributed by atoms with Crippen molar-refractivity contribution in [2.75, 3.05) is 30.9 Å². The fourth-order valence-corrected chi connectivity index (χ4v) is 4.43. The molecule has 1 aromatic heterocycles. The largest absolute Gasteiger partial charge is 0.378 e. The molecule has 148 valence electrons. The van der Waals surface area contributed by atoms with Gasteiger partial charge in [-0.15, -0.1) is 10.2 Å². The Balaban J connectivity index is 1.41. The van der Waals surface area contributed by atoms with E-state index in [1.54, 1.807) is 4.90 Å². The van der Waals surface area contributed by atoms with Crippen LogP contribution in [0.15, 0.2) is 24.3 Å². The van der Waals surface area contributed by atoms with Gasteiger partial charge in [-0.3, -0.25) is 14.9 Å². The second-order valence-corrected chi connectivity index (χ2v) is 8.64. The Morgan fingerprint density at radius 3 is 2.50 bits per heavy atom. The minimum absolute atomic E-state index is 0.117. The summed E-state index contributed by atoms with van der Waals surface area (Å²) in [4.78, 5) is 29.1. The minimum Gasteiger partial charge on any atom is -0.378 e. The summed E-state index contributed by atoms with van der Waals surface area (Å²) in [5, 5.41) is 12.4. The van der Waals surface area contributed by atoms with Gasteiger partial charge in [0, 0.05) is 37.8 Å². The van der Waals surface area contributed by atoms with E-state index < -0.39 is 0 Å². The Kier molecular flexibility index (Phi) is 5.30. The molecule has 4 rings (SSSR count). The molecule has 1 N–H and O–H groups in total. The van der Waals surface area contributed by atoms with Crippen LogP contribution < -0.4 is 10.2 Å². The van der Waals surface area contributed by atoms with E-state index in [-0.39, 0.29) is 23.8 Å². The van der Waals surface area contributed by atoms with Crippen LogP contribution in [0, 0.1) is 5.92 Å². The van der Waals surface area contributed by atoms with Crippen molar-refractivity contribution < 1.29 is 9.59 Å². The van der Waals surface area contributed by atoms with Crippen molar-refractivity contribution in [3.05, 3.63) is 24.3 Å². The van der Waals surface area contributed by atoms with Gasteiger partial charge in [0.05, 0.1) is 0 Å². The Bertz CT molecular complexity index is 860. The van der Waals surface area contributed by atoms with E-state index in [0.717, 1.165) is 41.9 Å². The number of carbonyl (C=O) groups is 2. The molecule has 1 saturated heterocycles. The normalized spacial score (nSPS) is 19.4. The van der Waals surface area contributed by atoms with Crippen molar-refractivity contribution in [2.24, 2.45) is 5.92 Å². The van der Waals surface area contributed by atoms with E-state index in [4.69, 9.17) is 0 Å². The smallest absolute Gasteiger partial charge is 0.249 e. The molecule has 2 aliphatic rings. The van der Waals surface area contributed by atoms with Gasteiger partial charge < -0.3 is 9.80 Å². The first-order valence-electron chi connectivity index (χ1n) is 9.75. The average molecular weight is 400 g/mol. The highest BCUT2D eigenvalue weighted by Gasteiger charge is 2.39. The highest BCUT2D eigenvalue weighted by Crippen LogP contribution is 2.32. The first-order chi connectivity index (χ1) is 13.5. The fraction of sp³-hybridized carbons (Fsp3) is 0.500. The molecule has 0 bridgehead atoms. The van der Waals surface area contributed by atoms with Crippen molar-refractivity contribution in [3.8, 4) is 10.6 Å². The van der Waals surface area contributed by atoms with Crippen LogP contribution in [0.25, 0.3) is 10.6 Å². The van der Waals surface area contributed by atoms with Crippen LogP contribution >= 0.6 is 11.3 Å². The Morgan fingerprint density at radius 2 is 1.86 bits per heavy atom. The number of hydrogen-bond donors (Lipinski definition) is 1. The van der Waals surface area contributed by atoms with E-state index >= 15 is 0 Å². The Morgan fingerprint density at radius 1 is 1.11 bits per heavy atom. The van der Waals surface area contributed by atoms with Crippen LogP contribution in [-0.4, -0.2) is 53.6 Å². The van der Waals surface area contributed by atoms with Gasteiger partial charge in [-0.25, -0.2) is 0 Å². The summed E-state index contributed by atoms with van der Waals surface area (Å²) in [5.74, 6) is 0.102. The number of nitrogens with zero attached hydrogens (tertiary/aromatic N) is 4. The molecule has 2 amide bonds. The predicted octanol–water partition coefficient (Wildman–Crippen LogP) is 3.00. The molecule has 1 aromatic carbocycles. The third-order valence-electron chi connectivity index (χ3n) is 5.58. The lowest BCUT2D eigenvalue weighted by Gasteiger charge is -2.32. The molecular weight excluding hydrogens is 374 g/mol. The second-order valence-electron chi connectivity index (χ2n) is 7.66. The number of anilines is 2. The molecule has 1 unspecified atom stereocenters. The molecule has 1 aliphatic carbocycles. The zero-order valence-electron chi connectivity index (χ0n) is 16.2. The maximum absolute atomic E-state index is 12.8. The summed E-state index contributed by atoms with van der Waals surface area (Å²) >= 11 is 1.35. The van der Waals surface area contributed by atoms with Gasteiger partial charge in [0.1, 0.15) is 11.0 Å². The molecule has 8 heteroatoms. The summed E-state index contributed by atoms with van der Waals surface area (Å²) in [7, 11) is 3.99. The van der Waals surface area contributed by atoms with Crippen molar-refractivity contribution in [2.45, 2.75) is 38.1 Å². The Hall–Kier alpha value is -2.48. The number of nitrogens with one attached hydrogen (secondary N) is 1. The van der Waals surface area contributed by atoms with E-state index in [2.05, 4.69) is 15.5 Å². The molecule has 1 saturated carbocycles. The number of likely N-dealkylation sites (tertiary alicyclic amines) is 1. The lowest BCUT2D eigenvalue weighted by molar-refractivity contribution is -0.142. The van der Waals surface area contributed by atoms with Gasteiger partial charge >= 0.3 is 0 Å². The maximum atomic E-state index is 12.8.